The van der Waals surface area contributed by atoms with Crippen molar-refractivity contribution >= 4 is 28.1 Å². The quantitative estimate of drug-likeness (QED) is 0.452. The van der Waals surface area contributed by atoms with Gasteiger partial charge in [-0.1, -0.05) is 23.4 Å². The Hall–Kier alpha value is -3.39. The van der Waals surface area contributed by atoms with E-state index >= 15 is 0 Å². The van der Waals surface area contributed by atoms with Crippen LogP contribution in [0.5, 0.6) is 0 Å². The summed E-state index contributed by atoms with van der Waals surface area (Å²) in [5, 5.41) is 6.44. The molecule has 0 saturated heterocycles. The predicted molar refractivity (Wildman–Crippen MR) is 108 cm³/mol. The fourth-order valence-electron chi connectivity index (χ4n) is 2.78. The average Bonchev–Trinajstić information content (AvgIpc) is 3.37. The van der Waals surface area contributed by atoms with Gasteiger partial charge in [-0.05, 0) is 43.3 Å². The number of amides is 1. The van der Waals surface area contributed by atoms with Gasteiger partial charge in [-0.2, -0.15) is 4.98 Å². The second-order valence-electron chi connectivity index (χ2n) is 6.35. The van der Waals surface area contributed by atoms with Gasteiger partial charge in [0.15, 0.2) is 5.13 Å². The summed E-state index contributed by atoms with van der Waals surface area (Å²) in [7, 11) is 0. The maximum atomic E-state index is 13.1. The molecule has 2 aromatic carbocycles. The topological polar surface area (TPSA) is 72.1 Å². The van der Waals surface area contributed by atoms with Crippen LogP contribution in [-0.2, 0) is 11.2 Å². The van der Waals surface area contributed by atoms with Gasteiger partial charge in [-0.15, -0.1) is 11.3 Å². The molecule has 146 valence electrons. The van der Waals surface area contributed by atoms with Crippen LogP contribution >= 0.6 is 11.3 Å². The second kappa shape index (κ2) is 8.32. The summed E-state index contributed by atoms with van der Waals surface area (Å²) < 4.78 is 18.3. The molecular weight excluding hydrogens is 391 g/mol. The molecule has 0 radical (unpaired) electrons. The minimum Gasteiger partial charge on any atom is -0.339 e. The van der Waals surface area contributed by atoms with E-state index in [0.29, 0.717) is 28.8 Å². The normalized spacial score (nSPS) is 10.8. The minimum atomic E-state index is -0.332. The molecule has 0 fully saturated rings. The van der Waals surface area contributed by atoms with Crippen LogP contribution in [0.15, 0.2) is 64.5 Å². The molecule has 0 aliphatic carbocycles. The Bertz CT molecular complexity index is 1110. The monoisotopic (exact) mass is 408 g/mol. The highest BCUT2D eigenvalue weighted by atomic mass is 32.1. The minimum absolute atomic E-state index is 0.118. The first kappa shape index (κ1) is 18.9. The summed E-state index contributed by atoms with van der Waals surface area (Å²) in [6, 6.07) is 15.2. The number of rotatable bonds is 6. The van der Waals surface area contributed by atoms with E-state index in [9.17, 15) is 9.18 Å². The summed E-state index contributed by atoms with van der Waals surface area (Å²) in [5.41, 5.74) is 2.26. The first-order chi connectivity index (χ1) is 14.1. The molecule has 0 aliphatic heterocycles. The van der Waals surface area contributed by atoms with Gasteiger partial charge >= 0.3 is 0 Å². The SMILES string of the molecule is Cc1csc(N(C(=O)CCc2nc(-c3ccc(F)cc3)no2)c2ccccc2)n1. The van der Waals surface area contributed by atoms with E-state index in [1.54, 1.807) is 17.0 Å². The molecule has 8 heteroatoms. The number of aryl methyl sites for hydroxylation is 2. The summed E-state index contributed by atoms with van der Waals surface area (Å²) >= 11 is 1.42. The molecule has 6 nitrogen and oxygen atoms in total. The number of thiazole rings is 1. The Morgan fingerprint density at radius 3 is 2.55 bits per heavy atom. The van der Waals surface area contributed by atoms with E-state index in [1.807, 2.05) is 42.6 Å². The van der Waals surface area contributed by atoms with Crippen LogP contribution in [0, 0.1) is 12.7 Å². The van der Waals surface area contributed by atoms with Gasteiger partial charge in [0.05, 0.1) is 11.4 Å². The average molecular weight is 408 g/mol. The van der Waals surface area contributed by atoms with Gasteiger partial charge in [0.25, 0.3) is 0 Å². The molecule has 0 saturated carbocycles. The van der Waals surface area contributed by atoms with Gasteiger partial charge in [0, 0.05) is 23.8 Å². The lowest BCUT2D eigenvalue weighted by molar-refractivity contribution is -0.117. The predicted octanol–water partition coefficient (Wildman–Crippen LogP) is 4.94. The van der Waals surface area contributed by atoms with Crippen LogP contribution in [0.25, 0.3) is 11.4 Å². The number of halogens is 1. The number of hydrogen-bond donors (Lipinski definition) is 0. The number of para-hydroxylation sites is 1. The summed E-state index contributed by atoms with van der Waals surface area (Å²) in [5.74, 6) is 0.262. The summed E-state index contributed by atoms with van der Waals surface area (Å²) in [6.45, 7) is 1.89. The molecule has 0 N–H and O–H groups in total. The molecule has 2 heterocycles. The number of benzene rings is 2. The second-order valence-corrected chi connectivity index (χ2v) is 7.19. The van der Waals surface area contributed by atoms with Gasteiger partial charge in [-0.3, -0.25) is 9.69 Å². The fraction of sp³-hybridized carbons (Fsp3) is 0.143. The van der Waals surface area contributed by atoms with Crippen molar-refractivity contribution in [1.29, 1.82) is 0 Å². The third kappa shape index (κ3) is 4.38. The van der Waals surface area contributed by atoms with E-state index < -0.39 is 0 Å². The Balaban J connectivity index is 1.49. The van der Waals surface area contributed by atoms with Crippen LogP contribution in [0.4, 0.5) is 15.2 Å². The Morgan fingerprint density at radius 1 is 1.10 bits per heavy atom. The van der Waals surface area contributed by atoms with Crippen LogP contribution in [0.1, 0.15) is 18.0 Å². The van der Waals surface area contributed by atoms with Gasteiger partial charge in [-0.25, -0.2) is 9.37 Å². The molecule has 2 aromatic heterocycles. The van der Waals surface area contributed by atoms with E-state index in [4.69, 9.17) is 4.52 Å². The lowest BCUT2D eigenvalue weighted by Gasteiger charge is -2.19. The smallest absolute Gasteiger partial charge is 0.233 e. The third-order valence-corrected chi connectivity index (χ3v) is 5.13. The highest BCUT2D eigenvalue weighted by Crippen LogP contribution is 2.29. The van der Waals surface area contributed by atoms with Crippen molar-refractivity contribution in [3.8, 4) is 11.4 Å². The van der Waals surface area contributed by atoms with Crippen molar-refractivity contribution in [3.05, 3.63) is 77.4 Å². The Labute approximate surface area is 170 Å². The number of hydrogen-bond acceptors (Lipinski definition) is 6. The van der Waals surface area contributed by atoms with E-state index in [-0.39, 0.29) is 18.1 Å². The zero-order chi connectivity index (χ0) is 20.2. The molecule has 4 rings (SSSR count). The van der Waals surface area contributed by atoms with E-state index in [0.717, 1.165) is 11.4 Å². The van der Waals surface area contributed by atoms with E-state index in [2.05, 4.69) is 15.1 Å². The van der Waals surface area contributed by atoms with Crippen LogP contribution in [-0.4, -0.2) is 21.0 Å². The number of nitrogens with zero attached hydrogens (tertiary/aromatic N) is 4. The molecule has 4 aromatic rings. The van der Waals surface area contributed by atoms with Crippen molar-refractivity contribution in [2.24, 2.45) is 0 Å². The molecule has 29 heavy (non-hydrogen) atoms. The third-order valence-electron chi connectivity index (χ3n) is 4.19. The van der Waals surface area contributed by atoms with Gasteiger partial charge in [0.1, 0.15) is 5.82 Å². The zero-order valence-electron chi connectivity index (χ0n) is 15.6. The summed E-state index contributed by atoms with van der Waals surface area (Å²) in [4.78, 5) is 23.4. The van der Waals surface area contributed by atoms with Crippen LogP contribution in [0.3, 0.4) is 0 Å². The van der Waals surface area contributed by atoms with Gasteiger partial charge < -0.3 is 4.52 Å². The summed E-state index contributed by atoms with van der Waals surface area (Å²) in [6.07, 6.45) is 0.472. The lowest BCUT2D eigenvalue weighted by atomic mass is 10.2. The molecule has 0 spiro atoms. The molecule has 0 aliphatic rings. The number of aromatic nitrogens is 3. The molecule has 0 unspecified atom stereocenters. The fourth-order valence-corrected chi connectivity index (χ4v) is 3.62. The zero-order valence-corrected chi connectivity index (χ0v) is 16.4. The van der Waals surface area contributed by atoms with Crippen molar-refractivity contribution < 1.29 is 13.7 Å². The van der Waals surface area contributed by atoms with Crippen molar-refractivity contribution in [1.82, 2.24) is 15.1 Å². The van der Waals surface area contributed by atoms with Crippen molar-refractivity contribution in [2.45, 2.75) is 19.8 Å². The number of carbonyl (C=O) groups is 1. The largest absolute Gasteiger partial charge is 0.339 e. The van der Waals surface area contributed by atoms with Crippen molar-refractivity contribution in [3.63, 3.8) is 0 Å². The molecular formula is C21H17FN4O2S. The van der Waals surface area contributed by atoms with E-state index in [1.165, 1.54) is 23.5 Å². The van der Waals surface area contributed by atoms with Crippen molar-refractivity contribution in [2.75, 3.05) is 4.90 Å². The molecule has 0 atom stereocenters. The first-order valence-electron chi connectivity index (χ1n) is 8.99. The molecule has 1 amide bonds. The molecule has 0 bridgehead atoms. The standard InChI is InChI=1S/C21H17FN4O2S/c1-14-13-29-21(23-14)26(17-5-3-2-4-6-17)19(27)12-11-18-24-20(25-28-18)15-7-9-16(22)10-8-15/h2-10,13H,11-12H2,1H3. The van der Waals surface area contributed by atoms with Gasteiger partial charge in [0.2, 0.25) is 17.6 Å². The maximum Gasteiger partial charge on any atom is 0.233 e. The Kier molecular flexibility index (Phi) is 5.44. The highest BCUT2D eigenvalue weighted by Gasteiger charge is 2.21. The lowest BCUT2D eigenvalue weighted by Crippen LogP contribution is -2.26. The maximum absolute atomic E-state index is 13.1. The Morgan fingerprint density at radius 2 is 1.86 bits per heavy atom. The highest BCUT2D eigenvalue weighted by molar-refractivity contribution is 7.14. The van der Waals surface area contributed by atoms with Crippen LogP contribution in [0.2, 0.25) is 0 Å². The number of anilines is 2. The first-order valence-corrected chi connectivity index (χ1v) is 9.87. The number of carbonyl (C=O) groups excluding carboxylic acids is 1. The van der Waals surface area contributed by atoms with Crippen LogP contribution < -0.4 is 4.90 Å².